The molecule has 2 heterocycles. The Hall–Kier alpha value is -1.72. The molecule has 1 aliphatic rings. The molecule has 1 amide bonds. The van der Waals surface area contributed by atoms with Crippen LogP contribution in [0.15, 0.2) is 29.6 Å². The molecule has 2 aromatic rings. The summed E-state index contributed by atoms with van der Waals surface area (Å²) in [5, 5.41) is 2.59. The van der Waals surface area contributed by atoms with Gasteiger partial charge >= 0.3 is 0 Å². The molecule has 0 saturated heterocycles. The van der Waals surface area contributed by atoms with Crippen LogP contribution in [0, 0.1) is 0 Å². The minimum absolute atomic E-state index is 0.0119. The molecule has 1 aromatic heterocycles. The van der Waals surface area contributed by atoms with E-state index in [4.69, 9.17) is 5.73 Å². The first-order chi connectivity index (χ1) is 8.78. The summed E-state index contributed by atoms with van der Waals surface area (Å²) in [6.07, 6.45) is 0. The summed E-state index contributed by atoms with van der Waals surface area (Å²) in [7, 11) is 0. The summed E-state index contributed by atoms with van der Waals surface area (Å²) >= 11 is 1.44. The maximum Gasteiger partial charge on any atom is 0.273 e. The average Bonchev–Trinajstić information content (AvgIpc) is 3.04. The predicted octanol–water partition coefficient (Wildman–Crippen LogP) is 1.76. The fourth-order valence-corrected chi connectivity index (χ4v) is 2.79. The number of fused-ring (bicyclic) bond motifs is 1. The molecule has 0 radical (unpaired) electrons. The molecule has 5 heteroatoms. The number of amides is 1. The van der Waals surface area contributed by atoms with Crippen LogP contribution in [0.25, 0.3) is 0 Å². The summed E-state index contributed by atoms with van der Waals surface area (Å²) in [5.74, 6) is -0.0119. The van der Waals surface area contributed by atoms with Crippen LogP contribution in [0.4, 0.5) is 0 Å². The van der Waals surface area contributed by atoms with Gasteiger partial charge in [0.2, 0.25) is 0 Å². The van der Waals surface area contributed by atoms with Crippen LogP contribution >= 0.6 is 11.3 Å². The Balaban J connectivity index is 1.80. The Labute approximate surface area is 109 Å². The average molecular weight is 259 g/mol. The van der Waals surface area contributed by atoms with Crippen molar-refractivity contribution in [1.29, 1.82) is 0 Å². The van der Waals surface area contributed by atoms with Gasteiger partial charge in [-0.2, -0.15) is 0 Å². The van der Waals surface area contributed by atoms with E-state index in [1.165, 1.54) is 22.5 Å². The van der Waals surface area contributed by atoms with Crippen molar-refractivity contribution in [3.05, 3.63) is 51.5 Å². The molecule has 0 bridgehead atoms. The Bertz CT molecular complexity index is 568. The molecule has 0 spiro atoms. The maximum atomic E-state index is 12.3. The minimum Gasteiger partial charge on any atom is -0.329 e. The van der Waals surface area contributed by atoms with Gasteiger partial charge in [0.05, 0.1) is 0 Å². The van der Waals surface area contributed by atoms with Gasteiger partial charge in [-0.05, 0) is 11.1 Å². The molecule has 0 saturated carbocycles. The van der Waals surface area contributed by atoms with Gasteiger partial charge in [-0.25, -0.2) is 4.98 Å². The van der Waals surface area contributed by atoms with E-state index in [0.29, 0.717) is 25.3 Å². The van der Waals surface area contributed by atoms with Crippen LogP contribution in [-0.4, -0.2) is 15.8 Å². The van der Waals surface area contributed by atoms with E-state index in [2.05, 4.69) is 17.1 Å². The standard InChI is InChI=1S/C13H13N3OS/c14-5-12-15-11(8-18-12)13(17)16-6-9-3-1-2-4-10(9)7-16/h1-4,8H,5-7,14H2. The second-order valence-corrected chi connectivity index (χ2v) is 5.20. The second kappa shape index (κ2) is 4.51. The number of thiazole rings is 1. The summed E-state index contributed by atoms with van der Waals surface area (Å²) in [6.45, 7) is 1.73. The second-order valence-electron chi connectivity index (χ2n) is 4.26. The van der Waals surface area contributed by atoms with Gasteiger partial charge in [-0.3, -0.25) is 4.79 Å². The van der Waals surface area contributed by atoms with Gasteiger partial charge < -0.3 is 10.6 Å². The third-order valence-corrected chi connectivity index (χ3v) is 3.94. The lowest BCUT2D eigenvalue weighted by Crippen LogP contribution is -2.25. The molecule has 92 valence electrons. The minimum atomic E-state index is -0.0119. The Morgan fingerprint density at radius 2 is 2.00 bits per heavy atom. The molecule has 0 aliphatic carbocycles. The van der Waals surface area contributed by atoms with Crippen LogP contribution in [0.1, 0.15) is 26.6 Å². The van der Waals surface area contributed by atoms with Gasteiger partial charge in [-0.15, -0.1) is 11.3 Å². The van der Waals surface area contributed by atoms with Crippen LogP contribution in [0.5, 0.6) is 0 Å². The SMILES string of the molecule is NCc1nc(C(=O)N2Cc3ccccc3C2)cs1. The van der Waals surface area contributed by atoms with E-state index in [9.17, 15) is 4.79 Å². The van der Waals surface area contributed by atoms with E-state index >= 15 is 0 Å². The summed E-state index contributed by atoms with van der Waals surface area (Å²) in [5.41, 5.74) is 8.46. The lowest BCUT2D eigenvalue weighted by atomic mass is 10.1. The highest BCUT2D eigenvalue weighted by molar-refractivity contribution is 7.09. The first-order valence-electron chi connectivity index (χ1n) is 5.78. The number of hydrogen-bond acceptors (Lipinski definition) is 4. The number of rotatable bonds is 2. The number of carbonyl (C=O) groups is 1. The van der Waals surface area contributed by atoms with Crippen LogP contribution in [-0.2, 0) is 19.6 Å². The van der Waals surface area contributed by atoms with Gasteiger partial charge in [0.25, 0.3) is 5.91 Å². The number of aromatic nitrogens is 1. The van der Waals surface area contributed by atoms with Crippen molar-refractivity contribution in [3.63, 3.8) is 0 Å². The third kappa shape index (κ3) is 1.91. The van der Waals surface area contributed by atoms with E-state index in [0.717, 1.165) is 5.01 Å². The maximum absolute atomic E-state index is 12.3. The highest BCUT2D eigenvalue weighted by atomic mass is 32.1. The van der Waals surface area contributed by atoms with Crippen molar-refractivity contribution in [1.82, 2.24) is 9.88 Å². The van der Waals surface area contributed by atoms with Crippen molar-refractivity contribution in [2.45, 2.75) is 19.6 Å². The number of nitrogens with zero attached hydrogens (tertiary/aromatic N) is 2. The largest absolute Gasteiger partial charge is 0.329 e. The third-order valence-electron chi connectivity index (χ3n) is 3.07. The number of hydrogen-bond donors (Lipinski definition) is 1. The van der Waals surface area contributed by atoms with E-state index in [-0.39, 0.29) is 5.91 Å². The zero-order valence-corrected chi connectivity index (χ0v) is 10.6. The fraction of sp³-hybridized carbons (Fsp3) is 0.231. The molecule has 18 heavy (non-hydrogen) atoms. The molecule has 2 N–H and O–H groups in total. The summed E-state index contributed by atoms with van der Waals surface area (Å²) < 4.78 is 0. The molecule has 4 nitrogen and oxygen atoms in total. The van der Waals surface area contributed by atoms with Crippen LogP contribution in [0.3, 0.4) is 0 Å². The normalized spacial score (nSPS) is 13.7. The highest BCUT2D eigenvalue weighted by Crippen LogP contribution is 2.24. The smallest absolute Gasteiger partial charge is 0.273 e. The Morgan fingerprint density at radius 1 is 1.33 bits per heavy atom. The monoisotopic (exact) mass is 259 g/mol. The fourth-order valence-electron chi connectivity index (χ4n) is 2.14. The zero-order valence-electron chi connectivity index (χ0n) is 9.80. The molecule has 1 aromatic carbocycles. The lowest BCUT2D eigenvalue weighted by Gasteiger charge is -2.13. The van der Waals surface area contributed by atoms with E-state index in [1.807, 2.05) is 17.0 Å². The quantitative estimate of drug-likeness (QED) is 0.894. The molecule has 0 fully saturated rings. The van der Waals surface area contributed by atoms with Crippen LogP contribution in [0.2, 0.25) is 0 Å². The topological polar surface area (TPSA) is 59.2 Å². The first kappa shape index (κ1) is 11.4. The first-order valence-corrected chi connectivity index (χ1v) is 6.66. The molecular formula is C13H13N3OS. The number of nitrogens with two attached hydrogens (primary N) is 1. The molecular weight excluding hydrogens is 246 g/mol. The van der Waals surface area contributed by atoms with E-state index in [1.54, 1.807) is 5.38 Å². The molecule has 3 rings (SSSR count). The number of carbonyl (C=O) groups excluding carboxylic acids is 1. The van der Waals surface area contributed by atoms with Crippen molar-refractivity contribution in [2.24, 2.45) is 5.73 Å². The van der Waals surface area contributed by atoms with Crippen LogP contribution < -0.4 is 5.73 Å². The number of benzene rings is 1. The van der Waals surface area contributed by atoms with Crippen molar-refractivity contribution >= 4 is 17.2 Å². The predicted molar refractivity (Wildman–Crippen MR) is 70.0 cm³/mol. The van der Waals surface area contributed by atoms with Gasteiger partial charge in [0, 0.05) is 25.0 Å². The molecule has 1 aliphatic heterocycles. The van der Waals surface area contributed by atoms with Gasteiger partial charge in [0.15, 0.2) is 0 Å². The van der Waals surface area contributed by atoms with Crippen molar-refractivity contribution in [2.75, 3.05) is 0 Å². The van der Waals surface area contributed by atoms with E-state index < -0.39 is 0 Å². The van der Waals surface area contributed by atoms with Gasteiger partial charge in [-0.1, -0.05) is 24.3 Å². The Kier molecular flexibility index (Phi) is 2.85. The van der Waals surface area contributed by atoms with Crippen molar-refractivity contribution in [3.8, 4) is 0 Å². The van der Waals surface area contributed by atoms with Gasteiger partial charge in [0.1, 0.15) is 10.7 Å². The summed E-state index contributed by atoms with van der Waals surface area (Å²) in [6, 6.07) is 8.13. The Morgan fingerprint density at radius 3 is 2.56 bits per heavy atom. The molecule has 0 unspecified atom stereocenters. The lowest BCUT2D eigenvalue weighted by molar-refractivity contribution is 0.0746. The van der Waals surface area contributed by atoms with Crippen molar-refractivity contribution < 1.29 is 4.79 Å². The highest BCUT2D eigenvalue weighted by Gasteiger charge is 2.25. The summed E-state index contributed by atoms with van der Waals surface area (Å²) in [4.78, 5) is 18.3. The molecule has 0 atom stereocenters. The zero-order chi connectivity index (χ0) is 12.5.